The summed E-state index contributed by atoms with van der Waals surface area (Å²) < 4.78 is 0. The number of fused-ring (bicyclic) bond motifs is 3. The highest BCUT2D eigenvalue weighted by atomic mass is 16.3. The van der Waals surface area contributed by atoms with Crippen LogP contribution in [0.2, 0.25) is 0 Å². The summed E-state index contributed by atoms with van der Waals surface area (Å²) >= 11 is 0. The monoisotopic (exact) mass is 384 g/mol. The molecule has 5 atom stereocenters. The number of carbonyl (C=O) groups excluding carboxylic acids is 2. The van der Waals surface area contributed by atoms with E-state index in [0.29, 0.717) is 38.5 Å². The number of nitrogens with two attached hydrogens (primary N) is 1. The quantitative estimate of drug-likeness (QED) is 0.738. The highest BCUT2D eigenvalue weighted by Gasteiger charge is 2.61. The maximum absolute atomic E-state index is 13.4. The van der Waals surface area contributed by atoms with E-state index in [-0.39, 0.29) is 17.4 Å². The predicted molar refractivity (Wildman–Crippen MR) is 105 cm³/mol. The number of likely N-dealkylation sites (N-methyl/N-ethyl adjacent to an activating group) is 1. The average molecular weight is 384 g/mol. The van der Waals surface area contributed by atoms with Crippen molar-refractivity contribution in [3.8, 4) is 0 Å². The minimum Gasteiger partial charge on any atom is -0.392 e. The minimum absolute atomic E-state index is 0.00639. The zero-order chi connectivity index (χ0) is 19.6. The number of likely N-dealkylation sites (tertiary alicyclic amines) is 1. The average Bonchev–Trinajstić information content (AvgIpc) is 3.12. The number of hydrogen-bond acceptors (Lipinski definition) is 5. The number of primary amides is 1. The third-order valence-electron chi connectivity index (χ3n) is 7.36. The number of carbonyl (C=O) groups is 2. The summed E-state index contributed by atoms with van der Waals surface area (Å²) in [7, 11) is 1.88. The number of benzene rings is 1. The van der Waals surface area contributed by atoms with Gasteiger partial charge in [0.2, 0.25) is 11.8 Å². The number of nitrogens with zero attached hydrogens (tertiary/aromatic N) is 3. The fraction of sp³-hybridized carbons (Fsp3) is 0.619. The van der Waals surface area contributed by atoms with E-state index in [9.17, 15) is 14.7 Å². The van der Waals surface area contributed by atoms with Gasteiger partial charge in [0.05, 0.1) is 18.1 Å². The molecule has 1 aromatic rings. The molecule has 3 fully saturated rings. The molecular formula is C21H28N4O3. The van der Waals surface area contributed by atoms with Gasteiger partial charge in [-0.15, -0.1) is 0 Å². The molecule has 3 N–H and O–H groups in total. The van der Waals surface area contributed by atoms with Crippen LogP contribution >= 0.6 is 0 Å². The summed E-state index contributed by atoms with van der Waals surface area (Å²) in [5.74, 6) is -0.968. The van der Waals surface area contributed by atoms with Gasteiger partial charge in [0.15, 0.2) is 0 Å². The van der Waals surface area contributed by atoms with Gasteiger partial charge in [0, 0.05) is 37.3 Å². The zero-order valence-corrected chi connectivity index (χ0v) is 16.3. The Morgan fingerprint density at radius 2 is 1.96 bits per heavy atom. The maximum atomic E-state index is 13.4. The van der Waals surface area contributed by atoms with Gasteiger partial charge in [-0.3, -0.25) is 14.5 Å². The first kappa shape index (κ1) is 17.9. The molecular weight excluding hydrogens is 356 g/mol. The van der Waals surface area contributed by atoms with E-state index in [1.807, 2.05) is 16.8 Å². The standard InChI is InChI=1S/C21H28N4O3/c1-23-12-21(10-17(21)26)9-15(19(22)27)18(23)20(28)24-6-7-25-14(11-24)8-13-4-2-3-5-16(13)25/h2-5,14-15,17-18,26H,6-12H2,1H3,(H2,22,27)/t14-,15?,17?,18?,21?/m1/s1. The topological polar surface area (TPSA) is 90.1 Å². The van der Waals surface area contributed by atoms with Crippen LogP contribution in [-0.2, 0) is 16.0 Å². The fourth-order valence-electron chi connectivity index (χ4n) is 5.80. The van der Waals surface area contributed by atoms with Gasteiger partial charge in [-0.05, 0) is 37.9 Å². The number of anilines is 1. The Bertz CT molecular complexity index is 830. The number of piperazine rings is 1. The number of hydrogen-bond donors (Lipinski definition) is 2. The second-order valence-electron chi connectivity index (χ2n) is 9.12. The Hall–Kier alpha value is -2.12. The van der Waals surface area contributed by atoms with Gasteiger partial charge in [-0.25, -0.2) is 0 Å². The summed E-state index contributed by atoms with van der Waals surface area (Å²) in [6, 6.07) is 8.23. The highest BCUT2D eigenvalue weighted by molar-refractivity contribution is 5.90. The molecule has 3 aliphatic heterocycles. The van der Waals surface area contributed by atoms with Crippen LogP contribution in [0.4, 0.5) is 5.69 Å². The number of aliphatic hydroxyl groups excluding tert-OH is 1. The van der Waals surface area contributed by atoms with Crippen molar-refractivity contribution < 1.29 is 14.7 Å². The van der Waals surface area contributed by atoms with Crippen LogP contribution in [-0.4, -0.2) is 78.1 Å². The molecule has 3 heterocycles. The molecule has 7 nitrogen and oxygen atoms in total. The van der Waals surface area contributed by atoms with Crippen molar-refractivity contribution in [1.82, 2.24) is 9.80 Å². The number of para-hydroxylation sites is 1. The van der Waals surface area contributed by atoms with Crippen LogP contribution < -0.4 is 10.6 Å². The van der Waals surface area contributed by atoms with Crippen LogP contribution in [0.1, 0.15) is 18.4 Å². The third kappa shape index (κ3) is 2.63. The SMILES string of the molecule is CN1CC2(CC(C(N)=O)C1C(=O)N1CCN3c4ccccc4C[C@@H]3C1)CC2O. The molecule has 150 valence electrons. The summed E-state index contributed by atoms with van der Waals surface area (Å²) in [5, 5.41) is 10.0. The van der Waals surface area contributed by atoms with Gasteiger partial charge in [0.1, 0.15) is 6.04 Å². The van der Waals surface area contributed by atoms with E-state index < -0.39 is 17.9 Å². The van der Waals surface area contributed by atoms with Crippen LogP contribution in [0, 0.1) is 11.3 Å². The molecule has 1 aliphatic carbocycles. The van der Waals surface area contributed by atoms with Crippen molar-refractivity contribution in [2.24, 2.45) is 17.1 Å². The van der Waals surface area contributed by atoms with Gasteiger partial charge in [0.25, 0.3) is 0 Å². The first-order valence-corrected chi connectivity index (χ1v) is 10.2. The van der Waals surface area contributed by atoms with Crippen molar-refractivity contribution in [3.63, 3.8) is 0 Å². The number of piperidine rings is 1. The summed E-state index contributed by atoms with van der Waals surface area (Å²) in [6.07, 6.45) is 1.78. The Morgan fingerprint density at radius 3 is 2.68 bits per heavy atom. The molecule has 5 rings (SSSR count). The Labute approximate surface area is 165 Å². The summed E-state index contributed by atoms with van der Waals surface area (Å²) in [4.78, 5) is 31.9. The molecule has 1 aromatic carbocycles. The number of amides is 2. The second kappa shape index (κ2) is 6.19. The van der Waals surface area contributed by atoms with E-state index in [0.717, 1.165) is 13.0 Å². The Morgan fingerprint density at radius 1 is 1.21 bits per heavy atom. The van der Waals surface area contributed by atoms with Crippen molar-refractivity contribution >= 4 is 17.5 Å². The van der Waals surface area contributed by atoms with Gasteiger partial charge < -0.3 is 20.6 Å². The molecule has 4 aliphatic rings. The van der Waals surface area contributed by atoms with E-state index in [1.165, 1.54) is 11.3 Å². The van der Waals surface area contributed by atoms with Gasteiger partial charge in [-0.2, -0.15) is 0 Å². The fourth-order valence-corrected chi connectivity index (χ4v) is 5.80. The van der Waals surface area contributed by atoms with E-state index in [1.54, 1.807) is 0 Å². The van der Waals surface area contributed by atoms with E-state index in [4.69, 9.17) is 5.73 Å². The molecule has 28 heavy (non-hydrogen) atoms. The van der Waals surface area contributed by atoms with Crippen molar-refractivity contribution in [1.29, 1.82) is 0 Å². The first-order chi connectivity index (χ1) is 13.4. The van der Waals surface area contributed by atoms with Crippen molar-refractivity contribution in [2.45, 2.75) is 37.5 Å². The third-order valence-corrected chi connectivity index (χ3v) is 7.36. The Balaban J connectivity index is 1.33. The first-order valence-electron chi connectivity index (χ1n) is 10.2. The van der Waals surface area contributed by atoms with Gasteiger partial charge in [-0.1, -0.05) is 18.2 Å². The van der Waals surface area contributed by atoms with Crippen LogP contribution in [0.25, 0.3) is 0 Å². The molecule has 7 heteroatoms. The molecule has 1 spiro atoms. The molecule has 4 unspecified atom stereocenters. The lowest BCUT2D eigenvalue weighted by molar-refractivity contribution is -0.147. The molecule has 1 saturated carbocycles. The van der Waals surface area contributed by atoms with E-state index >= 15 is 0 Å². The highest BCUT2D eigenvalue weighted by Crippen LogP contribution is 2.54. The molecule has 2 saturated heterocycles. The van der Waals surface area contributed by atoms with Crippen molar-refractivity contribution in [3.05, 3.63) is 29.8 Å². The number of aliphatic hydroxyl groups is 1. The summed E-state index contributed by atoms with van der Waals surface area (Å²) in [5.41, 5.74) is 8.08. The smallest absolute Gasteiger partial charge is 0.240 e. The Kier molecular flexibility index (Phi) is 3.97. The van der Waals surface area contributed by atoms with Crippen molar-refractivity contribution in [2.75, 3.05) is 38.1 Å². The van der Waals surface area contributed by atoms with Crippen LogP contribution in [0.3, 0.4) is 0 Å². The van der Waals surface area contributed by atoms with Crippen LogP contribution in [0.15, 0.2) is 24.3 Å². The molecule has 0 radical (unpaired) electrons. The molecule has 0 bridgehead atoms. The van der Waals surface area contributed by atoms with E-state index in [2.05, 4.69) is 29.2 Å². The van der Waals surface area contributed by atoms with Gasteiger partial charge >= 0.3 is 0 Å². The normalized spacial score (nSPS) is 36.9. The lowest BCUT2D eigenvalue weighted by Crippen LogP contribution is -2.62. The second-order valence-corrected chi connectivity index (χ2v) is 9.12. The minimum atomic E-state index is -0.540. The molecule has 2 amide bonds. The lowest BCUT2D eigenvalue weighted by atomic mass is 9.79. The number of rotatable bonds is 2. The van der Waals surface area contributed by atoms with Crippen LogP contribution in [0.5, 0.6) is 0 Å². The largest absolute Gasteiger partial charge is 0.392 e. The lowest BCUT2D eigenvalue weighted by Gasteiger charge is -2.45. The summed E-state index contributed by atoms with van der Waals surface area (Å²) in [6.45, 7) is 2.79. The molecule has 0 aromatic heterocycles. The zero-order valence-electron chi connectivity index (χ0n) is 16.3. The maximum Gasteiger partial charge on any atom is 0.240 e. The predicted octanol–water partition coefficient (Wildman–Crippen LogP) is -0.183.